The molecule has 0 aromatic carbocycles. The average molecular weight is 203 g/mol. The minimum Gasteiger partial charge on any atom is -0.501 e. The van der Waals surface area contributed by atoms with Gasteiger partial charge in [-0.25, -0.2) is 0 Å². The highest BCUT2D eigenvalue weighted by molar-refractivity contribution is 8.10. The molecule has 0 N–H and O–H groups in total. The molecule has 0 saturated heterocycles. The van der Waals surface area contributed by atoms with Crippen molar-refractivity contribution in [1.29, 1.82) is 0 Å². The Bertz CT molecular complexity index is 152. The van der Waals surface area contributed by atoms with Gasteiger partial charge in [-0.05, 0) is 28.9 Å². The Morgan fingerprint density at radius 2 is 2.20 bits per heavy atom. The Kier molecular flexibility index (Phi) is 5.24. The van der Waals surface area contributed by atoms with Crippen LogP contribution in [0.5, 0.6) is 0 Å². The monoisotopic (exact) mass is 202 g/mol. The molecule has 0 aromatic heterocycles. The van der Waals surface area contributed by atoms with Crippen LogP contribution in [0.1, 0.15) is 13.3 Å². The van der Waals surface area contributed by atoms with E-state index in [1.165, 1.54) is 6.26 Å². The van der Waals surface area contributed by atoms with Crippen molar-refractivity contribution in [3.8, 4) is 0 Å². The van der Waals surface area contributed by atoms with Crippen LogP contribution >= 0.6 is 28.3 Å². The van der Waals surface area contributed by atoms with E-state index in [9.17, 15) is 4.57 Å². The molecule has 0 unspecified atom stereocenters. The molecule has 0 atom stereocenters. The Hall–Kier alpha value is 0.350. The molecular weight excluding hydrogens is 194 g/mol. The van der Waals surface area contributed by atoms with Crippen molar-refractivity contribution in [2.45, 2.75) is 13.3 Å². The van der Waals surface area contributed by atoms with E-state index in [0.717, 1.165) is 12.2 Å². The minimum atomic E-state index is -3.07. The zero-order chi connectivity index (χ0) is 8.04. The van der Waals surface area contributed by atoms with Crippen molar-refractivity contribution in [3.63, 3.8) is 0 Å². The molecule has 10 heavy (non-hydrogen) atoms. The highest BCUT2D eigenvalue weighted by atomic mass is 35.9. The standard InChI is InChI=1S/C5H9Cl2O2P/c1-2-3-9-4-5-10(6,7)8/h4-5H,2-3H2,1H3. The van der Waals surface area contributed by atoms with Crippen molar-refractivity contribution in [3.05, 3.63) is 12.1 Å². The summed E-state index contributed by atoms with van der Waals surface area (Å²) in [6, 6.07) is 0. The zero-order valence-corrected chi connectivity index (χ0v) is 7.99. The first kappa shape index (κ1) is 10.3. The molecular formula is C5H9Cl2O2P. The molecule has 0 aliphatic rings. The zero-order valence-electron chi connectivity index (χ0n) is 5.59. The number of hydrogen-bond donors (Lipinski definition) is 0. The quantitative estimate of drug-likeness (QED) is 0.396. The lowest BCUT2D eigenvalue weighted by Gasteiger charge is -1.95. The van der Waals surface area contributed by atoms with Crippen molar-refractivity contribution < 1.29 is 9.30 Å². The highest BCUT2D eigenvalue weighted by Crippen LogP contribution is 2.57. The Balaban J connectivity index is 3.47. The molecule has 0 spiro atoms. The van der Waals surface area contributed by atoms with E-state index in [2.05, 4.69) is 0 Å². The number of halogens is 2. The summed E-state index contributed by atoms with van der Waals surface area (Å²) in [7, 11) is 0. The molecule has 0 amide bonds. The van der Waals surface area contributed by atoms with Crippen LogP contribution < -0.4 is 0 Å². The lowest BCUT2D eigenvalue weighted by Crippen LogP contribution is -1.80. The summed E-state index contributed by atoms with van der Waals surface area (Å²) in [5, 5.41) is 0. The van der Waals surface area contributed by atoms with Gasteiger partial charge < -0.3 is 4.74 Å². The van der Waals surface area contributed by atoms with Crippen LogP contribution in [0.25, 0.3) is 0 Å². The molecule has 0 aliphatic heterocycles. The van der Waals surface area contributed by atoms with Gasteiger partial charge in [0.2, 0.25) is 0 Å². The molecule has 5 heteroatoms. The summed E-state index contributed by atoms with van der Waals surface area (Å²) < 4.78 is 15.4. The van der Waals surface area contributed by atoms with Gasteiger partial charge in [0, 0.05) is 5.82 Å². The third-order valence-corrected chi connectivity index (χ3v) is 1.80. The van der Waals surface area contributed by atoms with Gasteiger partial charge in [0.25, 0.3) is 5.85 Å². The summed E-state index contributed by atoms with van der Waals surface area (Å²) >= 11 is 10.3. The highest BCUT2D eigenvalue weighted by Gasteiger charge is 2.06. The van der Waals surface area contributed by atoms with Crippen LogP contribution in [0.15, 0.2) is 12.1 Å². The molecule has 0 saturated carbocycles. The van der Waals surface area contributed by atoms with Gasteiger partial charge in [0.1, 0.15) is 0 Å². The van der Waals surface area contributed by atoms with Crippen LogP contribution in [-0.2, 0) is 9.30 Å². The normalized spacial score (nSPS) is 12.3. The van der Waals surface area contributed by atoms with Crippen molar-refractivity contribution in [2.24, 2.45) is 0 Å². The maximum atomic E-state index is 10.5. The molecule has 60 valence electrons. The maximum absolute atomic E-state index is 10.5. The summed E-state index contributed by atoms with van der Waals surface area (Å²) in [4.78, 5) is 0. The first-order chi connectivity index (χ1) is 4.56. The summed E-state index contributed by atoms with van der Waals surface area (Å²) in [6.45, 7) is 2.55. The first-order valence-electron chi connectivity index (χ1n) is 2.84. The Labute approximate surface area is 70.1 Å². The number of hydrogen-bond acceptors (Lipinski definition) is 2. The molecule has 0 rings (SSSR count). The van der Waals surface area contributed by atoms with E-state index in [0.29, 0.717) is 6.61 Å². The van der Waals surface area contributed by atoms with Crippen molar-refractivity contribution in [2.75, 3.05) is 6.61 Å². The summed E-state index contributed by atoms with van der Waals surface area (Å²) in [5.41, 5.74) is 0. The van der Waals surface area contributed by atoms with Gasteiger partial charge in [0.05, 0.1) is 12.9 Å². The maximum Gasteiger partial charge on any atom is 0.277 e. The topological polar surface area (TPSA) is 26.3 Å². The van der Waals surface area contributed by atoms with E-state index in [-0.39, 0.29) is 0 Å². The lowest BCUT2D eigenvalue weighted by molar-refractivity contribution is 0.250. The van der Waals surface area contributed by atoms with E-state index in [4.69, 9.17) is 27.2 Å². The Morgan fingerprint density at radius 3 is 2.60 bits per heavy atom. The van der Waals surface area contributed by atoms with Crippen molar-refractivity contribution in [1.82, 2.24) is 0 Å². The van der Waals surface area contributed by atoms with E-state index in [1.807, 2.05) is 6.92 Å². The van der Waals surface area contributed by atoms with Gasteiger partial charge in [0.15, 0.2) is 0 Å². The van der Waals surface area contributed by atoms with Crippen LogP contribution in [0, 0.1) is 0 Å². The lowest BCUT2D eigenvalue weighted by atomic mass is 10.5. The third kappa shape index (κ3) is 8.35. The summed E-state index contributed by atoms with van der Waals surface area (Å²) in [5.74, 6) is -1.91. The molecule has 0 heterocycles. The Morgan fingerprint density at radius 1 is 1.60 bits per heavy atom. The fraction of sp³-hybridized carbons (Fsp3) is 0.600. The van der Waals surface area contributed by atoms with Gasteiger partial charge in [-0.15, -0.1) is 0 Å². The molecule has 0 aromatic rings. The fourth-order valence-corrected chi connectivity index (χ4v) is 0.804. The average Bonchev–Trinajstić information content (AvgIpc) is 1.78. The third-order valence-electron chi connectivity index (χ3n) is 0.653. The van der Waals surface area contributed by atoms with E-state index >= 15 is 0 Å². The largest absolute Gasteiger partial charge is 0.501 e. The van der Waals surface area contributed by atoms with Gasteiger partial charge in [-0.1, -0.05) is 6.92 Å². The van der Waals surface area contributed by atoms with Gasteiger partial charge in [-0.2, -0.15) is 0 Å². The molecule has 0 radical (unpaired) electrons. The number of ether oxygens (including phenoxy) is 1. The fourth-order valence-electron chi connectivity index (χ4n) is 0.300. The van der Waals surface area contributed by atoms with Crippen LogP contribution in [0.4, 0.5) is 0 Å². The van der Waals surface area contributed by atoms with E-state index in [1.54, 1.807) is 0 Å². The molecule has 0 fully saturated rings. The second-order valence-corrected chi connectivity index (χ2v) is 6.49. The van der Waals surface area contributed by atoms with Crippen LogP contribution in [-0.4, -0.2) is 6.61 Å². The van der Waals surface area contributed by atoms with Crippen LogP contribution in [0.3, 0.4) is 0 Å². The smallest absolute Gasteiger partial charge is 0.277 e. The second kappa shape index (κ2) is 5.06. The number of rotatable bonds is 4. The molecule has 0 aliphatic carbocycles. The van der Waals surface area contributed by atoms with Crippen LogP contribution in [0.2, 0.25) is 0 Å². The molecule has 0 bridgehead atoms. The second-order valence-electron chi connectivity index (χ2n) is 1.66. The first-order valence-corrected chi connectivity index (χ1v) is 6.43. The van der Waals surface area contributed by atoms with Gasteiger partial charge >= 0.3 is 0 Å². The summed E-state index contributed by atoms with van der Waals surface area (Å²) in [6.07, 6.45) is 2.17. The van der Waals surface area contributed by atoms with Crippen molar-refractivity contribution >= 4 is 28.3 Å². The molecule has 2 nitrogen and oxygen atoms in total. The SMILES string of the molecule is CCCOC=CP(=O)(Cl)Cl. The minimum absolute atomic E-state index is 0.588. The predicted molar refractivity (Wildman–Crippen MR) is 44.7 cm³/mol. The van der Waals surface area contributed by atoms with E-state index < -0.39 is 5.85 Å². The predicted octanol–water partition coefficient (Wildman–Crippen LogP) is 3.55. The van der Waals surface area contributed by atoms with Gasteiger partial charge in [-0.3, -0.25) is 4.57 Å².